The molecule has 0 aromatic rings. The molecule has 0 amide bonds. The van der Waals surface area contributed by atoms with Gasteiger partial charge >= 0.3 is 19.8 Å². The molecule has 8 atom stereocenters. The Morgan fingerprint density at radius 2 is 1.77 bits per heavy atom. The first-order chi connectivity index (χ1) is 18.5. The maximum Gasteiger partial charge on any atom is 0.469 e. The molecule has 0 radical (unpaired) electrons. The molecule has 2 N–H and O–H groups in total. The Labute approximate surface area is 232 Å². The molecule has 0 saturated heterocycles. The second-order valence-electron chi connectivity index (χ2n) is 12.0. The largest absolute Gasteiger partial charge is 0.469 e. The number of fused-ring (bicyclic) bond motifs is 5. The summed E-state index contributed by atoms with van der Waals surface area (Å²) in [7, 11) is -5.25. The number of rotatable bonds is 8. The van der Waals surface area contributed by atoms with Gasteiger partial charge in [-0.25, -0.2) is 8.96 Å². The highest BCUT2D eigenvalue weighted by Gasteiger charge is 2.78. The lowest BCUT2D eigenvalue weighted by Crippen LogP contribution is -2.70. The summed E-state index contributed by atoms with van der Waals surface area (Å²) in [6, 6.07) is 0. The average Bonchev–Trinajstić information content (AvgIpc) is 3.09. The van der Waals surface area contributed by atoms with Gasteiger partial charge in [-0.3, -0.25) is 23.7 Å². The molecule has 12 heteroatoms. The lowest BCUT2D eigenvalue weighted by molar-refractivity contribution is -0.226. The topological polar surface area (TPSA) is 154 Å². The second-order valence-corrected chi connectivity index (χ2v) is 13.2. The predicted octanol–water partition coefficient (Wildman–Crippen LogP) is 3.93. The number of alkyl halides is 1. The van der Waals surface area contributed by atoms with Gasteiger partial charge < -0.3 is 19.3 Å². The van der Waals surface area contributed by atoms with E-state index in [-0.39, 0.29) is 37.9 Å². The van der Waals surface area contributed by atoms with E-state index in [1.807, 2.05) is 0 Å². The number of hydrogen-bond acceptors (Lipinski definition) is 8. The van der Waals surface area contributed by atoms with Crippen LogP contribution >= 0.6 is 7.82 Å². The number of phosphoric acid groups is 1. The molecular formula is C28H38FO10P. The number of ether oxygens (including phenoxy) is 2. The minimum absolute atomic E-state index is 0.0274. The first-order valence-corrected chi connectivity index (χ1v) is 15.3. The molecule has 222 valence electrons. The number of halogens is 1. The molecule has 4 aliphatic carbocycles. The van der Waals surface area contributed by atoms with Crippen LogP contribution < -0.4 is 0 Å². The lowest BCUT2D eigenvalue weighted by Gasteiger charge is -2.63. The predicted molar refractivity (Wildman–Crippen MR) is 139 cm³/mol. The van der Waals surface area contributed by atoms with Gasteiger partial charge in [0.25, 0.3) is 0 Å². The molecule has 3 fully saturated rings. The van der Waals surface area contributed by atoms with Crippen LogP contribution in [0.15, 0.2) is 23.8 Å². The highest BCUT2D eigenvalue weighted by Crippen LogP contribution is 2.72. The molecule has 40 heavy (non-hydrogen) atoms. The van der Waals surface area contributed by atoms with Crippen LogP contribution in [0.3, 0.4) is 0 Å². The minimum atomic E-state index is -5.25. The van der Waals surface area contributed by atoms with Crippen molar-refractivity contribution in [1.82, 2.24) is 0 Å². The van der Waals surface area contributed by atoms with Crippen LogP contribution in [0.25, 0.3) is 0 Å². The highest BCUT2D eigenvalue weighted by molar-refractivity contribution is 7.46. The first kappa shape index (κ1) is 30.8. The summed E-state index contributed by atoms with van der Waals surface area (Å²) in [4.78, 5) is 70.6. The van der Waals surface area contributed by atoms with Crippen LogP contribution in [0.4, 0.5) is 4.39 Å². The molecule has 0 spiro atoms. The normalized spacial score (nSPS) is 40.4. The zero-order valence-corrected chi connectivity index (χ0v) is 24.4. The summed E-state index contributed by atoms with van der Waals surface area (Å²) >= 11 is 0. The molecule has 4 aliphatic rings. The summed E-state index contributed by atoms with van der Waals surface area (Å²) < 4.78 is 46.5. The highest BCUT2D eigenvalue weighted by atomic mass is 31.2. The quantitative estimate of drug-likeness (QED) is 0.317. The Balaban J connectivity index is 1.90. The van der Waals surface area contributed by atoms with E-state index in [1.54, 1.807) is 34.6 Å². The van der Waals surface area contributed by atoms with Gasteiger partial charge in [-0.1, -0.05) is 39.3 Å². The van der Waals surface area contributed by atoms with Crippen molar-refractivity contribution < 1.29 is 51.9 Å². The Hall–Kier alpha value is -2.20. The maximum absolute atomic E-state index is 17.9. The molecule has 0 aromatic carbocycles. The van der Waals surface area contributed by atoms with Gasteiger partial charge in [0.2, 0.25) is 5.78 Å². The van der Waals surface area contributed by atoms with Gasteiger partial charge in [0.1, 0.15) is 6.10 Å². The van der Waals surface area contributed by atoms with E-state index < -0.39 is 78.1 Å². The van der Waals surface area contributed by atoms with Gasteiger partial charge in [0.05, 0.1) is 0 Å². The van der Waals surface area contributed by atoms with E-state index in [4.69, 9.17) is 14.0 Å². The van der Waals surface area contributed by atoms with Gasteiger partial charge in [-0.05, 0) is 50.7 Å². The molecule has 1 unspecified atom stereocenters. The van der Waals surface area contributed by atoms with E-state index in [2.05, 4.69) is 0 Å². The van der Waals surface area contributed by atoms with Gasteiger partial charge in [-0.2, -0.15) is 0 Å². The molecular weight excluding hydrogens is 546 g/mol. The van der Waals surface area contributed by atoms with E-state index >= 15 is 4.39 Å². The van der Waals surface area contributed by atoms with E-state index in [9.17, 15) is 33.5 Å². The number of allylic oxidation sites excluding steroid dienone is 4. The van der Waals surface area contributed by atoms with Crippen LogP contribution in [0.1, 0.15) is 73.1 Å². The maximum atomic E-state index is 17.9. The number of hydrogen-bond donors (Lipinski definition) is 2. The zero-order chi connectivity index (χ0) is 29.9. The number of esters is 2. The standard InChI is InChI=1S/C28H38FO10P/c1-6-23(32)37-15-21(31)28(38-24(33)7-2)16(3)12-20-19-9-8-17-13-18(30)10-11-25(17,4)27(19,29)22(14-26(20,28)5)39-40(34,35)36/h10-11,13,16,19-20,22H,6-9,12,14-15H2,1-5H3,(H2,34,35,36)/t16-,19-,20-,22-,25-,26-,27?,28-/m0/s1. The van der Waals surface area contributed by atoms with E-state index in [0.717, 1.165) is 0 Å². The monoisotopic (exact) mass is 584 g/mol. The van der Waals surface area contributed by atoms with Gasteiger partial charge in [-0.15, -0.1) is 0 Å². The van der Waals surface area contributed by atoms with E-state index in [0.29, 0.717) is 12.0 Å². The van der Waals surface area contributed by atoms with Crippen LogP contribution in [-0.2, 0) is 37.7 Å². The number of Topliss-reactive ketones (excluding diaryl/α,β-unsaturated/α-hetero) is 1. The number of carbonyl (C=O) groups is 4. The first-order valence-electron chi connectivity index (χ1n) is 13.8. The Morgan fingerprint density at radius 3 is 2.38 bits per heavy atom. The summed E-state index contributed by atoms with van der Waals surface area (Å²) in [6.45, 7) is 7.47. The van der Waals surface area contributed by atoms with Crippen LogP contribution in [0.5, 0.6) is 0 Å². The van der Waals surface area contributed by atoms with Crippen molar-refractivity contribution in [3.05, 3.63) is 23.8 Å². The van der Waals surface area contributed by atoms with Crippen molar-refractivity contribution in [3.63, 3.8) is 0 Å². The van der Waals surface area contributed by atoms with Crippen molar-refractivity contribution in [2.45, 2.75) is 90.5 Å². The fourth-order valence-corrected chi connectivity index (χ4v) is 8.81. The fourth-order valence-electron chi connectivity index (χ4n) is 8.25. The fraction of sp³-hybridized carbons (Fsp3) is 0.714. The molecule has 4 rings (SSSR count). The molecule has 3 saturated carbocycles. The molecule has 0 aromatic heterocycles. The Kier molecular flexibility index (Phi) is 7.89. The van der Waals surface area contributed by atoms with Crippen LogP contribution in [0.2, 0.25) is 0 Å². The van der Waals surface area contributed by atoms with Crippen molar-refractivity contribution in [2.75, 3.05) is 6.61 Å². The average molecular weight is 585 g/mol. The van der Waals surface area contributed by atoms with Gasteiger partial charge in [0.15, 0.2) is 23.7 Å². The molecule has 0 heterocycles. The third kappa shape index (κ3) is 4.44. The molecule has 0 bridgehead atoms. The van der Waals surface area contributed by atoms with Crippen molar-refractivity contribution in [3.8, 4) is 0 Å². The summed E-state index contributed by atoms with van der Waals surface area (Å²) in [5.41, 5.74) is -6.42. The minimum Gasteiger partial charge on any atom is -0.457 e. The number of ketones is 2. The summed E-state index contributed by atoms with van der Waals surface area (Å²) in [5.74, 6) is -4.32. The SMILES string of the molecule is CCC(=O)OCC(=O)[C@@]1(OC(=O)CC)[C@@H](C)C[C@H]2[C@@H]3CCC4=CC(=O)C=C[C@]4(C)C3(F)[C@@H](OP(=O)(O)O)C[C@@]21C. The zero-order valence-electron chi connectivity index (χ0n) is 23.5. The Bertz CT molecular complexity index is 1220. The van der Waals surface area contributed by atoms with Crippen molar-refractivity contribution in [1.29, 1.82) is 0 Å². The third-order valence-corrected chi connectivity index (χ3v) is 10.6. The smallest absolute Gasteiger partial charge is 0.457 e. The summed E-state index contributed by atoms with van der Waals surface area (Å²) in [5, 5.41) is 0. The summed E-state index contributed by atoms with van der Waals surface area (Å²) in [6.07, 6.45) is 2.82. The van der Waals surface area contributed by atoms with Crippen LogP contribution in [-0.4, -0.2) is 57.3 Å². The molecule has 0 aliphatic heterocycles. The molecule has 10 nitrogen and oxygen atoms in total. The van der Waals surface area contributed by atoms with Crippen molar-refractivity contribution in [2.24, 2.45) is 28.6 Å². The number of phosphoric ester groups is 1. The van der Waals surface area contributed by atoms with Crippen LogP contribution in [0, 0.1) is 28.6 Å². The van der Waals surface area contributed by atoms with E-state index in [1.165, 1.54) is 18.2 Å². The van der Waals surface area contributed by atoms with Gasteiger partial charge in [0, 0.05) is 35.5 Å². The third-order valence-electron chi connectivity index (χ3n) is 10.1. The number of carbonyl (C=O) groups excluding carboxylic acids is 4. The lowest BCUT2D eigenvalue weighted by atomic mass is 9.44. The second kappa shape index (κ2) is 10.3. The van der Waals surface area contributed by atoms with Crippen molar-refractivity contribution >= 4 is 31.3 Å². The Morgan fingerprint density at radius 1 is 1.12 bits per heavy atom.